The molecule has 1 aliphatic rings. The minimum Gasteiger partial charge on any atom is -0.394 e. The molecule has 4 N–H and O–H groups in total. The van der Waals surface area contributed by atoms with Crippen molar-refractivity contribution in [3.05, 3.63) is 11.6 Å². The highest BCUT2D eigenvalue weighted by Gasteiger charge is 2.31. The number of allylic oxidation sites excluding steroid dienone is 1. The highest BCUT2D eigenvalue weighted by atomic mass is 16.4. The topological polar surface area (TPSA) is 98.0 Å². The van der Waals surface area contributed by atoms with E-state index in [1.807, 2.05) is 0 Å². The maximum absolute atomic E-state index is 11.7. The summed E-state index contributed by atoms with van der Waals surface area (Å²) in [6.07, 6.45) is 0.268. The minimum atomic E-state index is -1.66. The maximum Gasteiger partial charge on any atom is 0.189 e. The summed E-state index contributed by atoms with van der Waals surface area (Å²) in [6, 6.07) is 0. The largest absolute Gasteiger partial charge is 0.394 e. The third-order valence-electron chi connectivity index (χ3n) is 2.78. The van der Waals surface area contributed by atoms with Crippen LogP contribution in [0.15, 0.2) is 11.6 Å². The molecular formula is C11H18O5. The van der Waals surface area contributed by atoms with Crippen LogP contribution in [0.3, 0.4) is 0 Å². The summed E-state index contributed by atoms with van der Waals surface area (Å²) in [5.74, 6) is -0.556. The number of aliphatic hydroxyl groups is 4. The van der Waals surface area contributed by atoms with Crippen molar-refractivity contribution in [1.82, 2.24) is 0 Å². The molecule has 0 heterocycles. The molecule has 0 aromatic heterocycles. The van der Waals surface area contributed by atoms with Crippen molar-refractivity contribution in [2.75, 3.05) is 6.61 Å². The molecule has 0 saturated heterocycles. The van der Waals surface area contributed by atoms with Gasteiger partial charge >= 0.3 is 0 Å². The summed E-state index contributed by atoms with van der Waals surface area (Å²) >= 11 is 0. The Kier molecular flexibility index (Phi) is 5.08. The number of ketones is 1. The van der Waals surface area contributed by atoms with Crippen molar-refractivity contribution < 1.29 is 25.2 Å². The normalized spacial score (nSPS) is 22.1. The molecule has 5 heteroatoms. The quantitative estimate of drug-likeness (QED) is 0.492. The predicted octanol–water partition coefficient (Wildman–Crippen LogP) is -0.869. The van der Waals surface area contributed by atoms with Gasteiger partial charge < -0.3 is 20.4 Å². The van der Waals surface area contributed by atoms with Crippen molar-refractivity contribution in [3.63, 3.8) is 0 Å². The smallest absolute Gasteiger partial charge is 0.189 e. The van der Waals surface area contributed by atoms with Crippen LogP contribution in [0, 0.1) is 0 Å². The van der Waals surface area contributed by atoms with Crippen LogP contribution in [0.4, 0.5) is 0 Å². The van der Waals surface area contributed by atoms with Gasteiger partial charge in [0.1, 0.15) is 18.3 Å². The molecule has 0 radical (unpaired) electrons. The fourth-order valence-corrected chi connectivity index (χ4v) is 1.73. The van der Waals surface area contributed by atoms with Gasteiger partial charge in [-0.25, -0.2) is 0 Å². The third-order valence-corrected chi connectivity index (χ3v) is 2.78. The van der Waals surface area contributed by atoms with Gasteiger partial charge in [-0.3, -0.25) is 4.79 Å². The molecule has 0 aromatic carbocycles. The van der Waals surface area contributed by atoms with Gasteiger partial charge in [-0.2, -0.15) is 0 Å². The first-order valence-corrected chi connectivity index (χ1v) is 5.46. The first-order chi connectivity index (χ1) is 7.57. The van der Waals surface area contributed by atoms with E-state index in [0.29, 0.717) is 12.0 Å². The van der Waals surface area contributed by atoms with Gasteiger partial charge in [-0.05, 0) is 31.3 Å². The summed E-state index contributed by atoms with van der Waals surface area (Å²) in [5.41, 5.74) is 0.503. The maximum atomic E-state index is 11.7. The van der Waals surface area contributed by atoms with E-state index in [9.17, 15) is 15.0 Å². The van der Waals surface area contributed by atoms with E-state index in [0.717, 1.165) is 19.3 Å². The first-order valence-electron chi connectivity index (χ1n) is 5.46. The van der Waals surface area contributed by atoms with Crippen molar-refractivity contribution in [1.29, 1.82) is 0 Å². The number of Topliss-reactive ketones (excluding diaryl/α,β-unsaturated/α-hetero) is 1. The highest BCUT2D eigenvalue weighted by Crippen LogP contribution is 2.20. The number of hydrogen-bond donors (Lipinski definition) is 4. The molecule has 3 atom stereocenters. The van der Waals surface area contributed by atoms with Gasteiger partial charge in [0.15, 0.2) is 5.78 Å². The first kappa shape index (κ1) is 13.3. The fraction of sp³-hybridized carbons (Fsp3) is 0.727. The Labute approximate surface area is 94.0 Å². The molecule has 0 unspecified atom stereocenters. The summed E-state index contributed by atoms with van der Waals surface area (Å²) < 4.78 is 0. The zero-order chi connectivity index (χ0) is 12.1. The Morgan fingerprint density at radius 3 is 2.50 bits per heavy atom. The van der Waals surface area contributed by atoms with Gasteiger partial charge in [0, 0.05) is 0 Å². The lowest BCUT2D eigenvalue weighted by molar-refractivity contribution is -0.136. The van der Waals surface area contributed by atoms with E-state index in [1.165, 1.54) is 0 Å². The lowest BCUT2D eigenvalue weighted by Crippen LogP contribution is -2.44. The SMILES string of the molecule is O=C(C1=CCCCC1)[C@H](O)[C@H](O)[C@H](O)CO. The van der Waals surface area contributed by atoms with Crippen molar-refractivity contribution in [2.45, 2.75) is 44.0 Å². The Morgan fingerprint density at radius 2 is 2.00 bits per heavy atom. The molecule has 16 heavy (non-hydrogen) atoms. The summed E-state index contributed by atoms with van der Waals surface area (Å²) in [6.45, 7) is -0.690. The van der Waals surface area contributed by atoms with E-state index in [2.05, 4.69) is 0 Å². The Balaban J connectivity index is 2.62. The molecule has 5 nitrogen and oxygen atoms in total. The summed E-state index contributed by atoms with van der Waals surface area (Å²) in [7, 11) is 0. The molecule has 0 aliphatic heterocycles. The second kappa shape index (κ2) is 6.10. The van der Waals surface area contributed by atoms with Gasteiger partial charge in [-0.15, -0.1) is 0 Å². The van der Waals surface area contributed by atoms with E-state index < -0.39 is 30.7 Å². The van der Waals surface area contributed by atoms with Gasteiger partial charge in [0.05, 0.1) is 6.61 Å². The van der Waals surface area contributed by atoms with E-state index in [4.69, 9.17) is 10.2 Å². The number of carbonyl (C=O) groups is 1. The average molecular weight is 230 g/mol. The van der Waals surface area contributed by atoms with Crippen LogP contribution in [0.1, 0.15) is 25.7 Å². The molecule has 0 saturated carbocycles. The van der Waals surface area contributed by atoms with Crippen molar-refractivity contribution >= 4 is 5.78 Å². The Hall–Kier alpha value is -0.750. The van der Waals surface area contributed by atoms with Crippen LogP contribution in [0.25, 0.3) is 0 Å². The zero-order valence-corrected chi connectivity index (χ0v) is 9.04. The van der Waals surface area contributed by atoms with E-state index in [1.54, 1.807) is 6.08 Å². The standard InChI is InChI=1S/C11H18O5/c12-6-8(13)10(15)11(16)9(14)7-4-2-1-3-5-7/h4,8,10-13,15-16H,1-3,5-6H2/t8-,10-,11+/m1/s1. The fourth-order valence-electron chi connectivity index (χ4n) is 1.73. The van der Waals surface area contributed by atoms with Crippen LogP contribution in [-0.4, -0.2) is 51.1 Å². The van der Waals surface area contributed by atoms with E-state index >= 15 is 0 Å². The predicted molar refractivity (Wildman–Crippen MR) is 56.7 cm³/mol. The lowest BCUT2D eigenvalue weighted by atomic mass is 9.91. The van der Waals surface area contributed by atoms with Crippen LogP contribution >= 0.6 is 0 Å². The van der Waals surface area contributed by atoms with E-state index in [-0.39, 0.29) is 0 Å². The Morgan fingerprint density at radius 1 is 1.31 bits per heavy atom. The molecule has 1 aliphatic carbocycles. The second-order valence-electron chi connectivity index (χ2n) is 4.02. The number of aliphatic hydroxyl groups excluding tert-OH is 4. The van der Waals surface area contributed by atoms with Crippen molar-refractivity contribution in [2.24, 2.45) is 0 Å². The average Bonchev–Trinajstić information content (AvgIpc) is 2.36. The third kappa shape index (κ3) is 3.12. The van der Waals surface area contributed by atoms with Crippen LogP contribution in [0.5, 0.6) is 0 Å². The molecule has 92 valence electrons. The monoisotopic (exact) mass is 230 g/mol. The summed E-state index contributed by atoms with van der Waals surface area (Å²) in [4.78, 5) is 11.7. The Bertz CT molecular complexity index is 274. The molecule has 0 bridgehead atoms. The molecule has 0 spiro atoms. The number of hydrogen-bond acceptors (Lipinski definition) is 5. The van der Waals surface area contributed by atoms with Crippen LogP contribution in [-0.2, 0) is 4.79 Å². The molecule has 0 fully saturated rings. The zero-order valence-electron chi connectivity index (χ0n) is 9.04. The summed E-state index contributed by atoms with van der Waals surface area (Å²) in [5, 5.41) is 36.6. The van der Waals surface area contributed by atoms with Crippen molar-refractivity contribution in [3.8, 4) is 0 Å². The second-order valence-corrected chi connectivity index (χ2v) is 4.02. The number of rotatable bonds is 5. The van der Waals surface area contributed by atoms with Gasteiger partial charge in [-0.1, -0.05) is 6.08 Å². The highest BCUT2D eigenvalue weighted by molar-refractivity contribution is 5.99. The minimum absolute atomic E-state index is 0.503. The van der Waals surface area contributed by atoms with Crippen LogP contribution < -0.4 is 0 Å². The number of carbonyl (C=O) groups excluding carboxylic acids is 1. The van der Waals surface area contributed by atoms with Crippen LogP contribution in [0.2, 0.25) is 0 Å². The van der Waals surface area contributed by atoms with Gasteiger partial charge in [0.2, 0.25) is 0 Å². The lowest BCUT2D eigenvalue weighted by Gasteiger charge is -2.22. The van der Waals surface area contributed by atoms with Gasteiger partial charge in [0.25, 0.3) is 0 Å². The molecule has 0 amide bonds. The molecular weight excluding hydrogens is 212 g/mol. The molecule has 1 rings (SSSR count). The molecule has 0 aromatic rings.